The Labute approximate surface area is 174 Å². The van der Waals surface area contributed by atoms with E-state index < -0.39 is 0 Å². The van der Waals surface area contributed by atoms with E-state index in [9.17, 15) is 9.18 Å². The minimum Gasteiger partial charge on any atom is -0.379 e. The third kappa shape index (κ3) is 3.59. The number of anilines is 1. The zero-order valence-corrected chi connectivity index (χ0v) is 16.8. The van der Waals surface area contributed by atoms with E-state index in [0.29, 0.717) is 18.7 Å². The molecular formula is C23H25FN4O2. The Bertz CT molecular complexity index is 1060. The summed E-state index contributed by atoms with van der Waals surface area (Å²) >= 11 is 0. The van der Waals surface area contributed by atoms with Crippen LogP contribution in [0.2, 0.25) is 0 Å². The maximum atomic E-state index is 14.3. The van der Waals surface area contributed by atoms with E-state index in [1.807, 2.05) is 18.2 Å². The SMILES string of the molecule is O=C1C[C@@H](c2nc3ccccc3n2CCN2CCOCC2)CN1c1ccccc1F. The number of rotatable bonds is 5. The smallest absolute Gasteiger partial charge is 0.227 e. The molecule has 5 rings (SSSR count). The molecule has 3 heterocycles. The molecule has 0 radical (unpaired) electrons. The third-order valence-corrected chi connectivity index (χ3v) is 6.06. The summed E-state index contributed by atoms with van der Waals surface area (Å²) in [4.78, 5) is 21.6. The molecule has 0 spiro atoms. The van der Waals surface area contributed by atoms with Crippen LogP contribution in [0.1, 0.15) is 18.2 Å². The number of halogens is 1. The van der Waals surface area contributed by atoms with Gasteiger partial charge in [-0.3, -0.25) is 9.69 Å². The lowest BCUT2D eigenvalue weighted by Crippen LogP contribution is -2.38. The number of imidazole rings is 1. The van der Waals surface area contributed by atoms with Crippen LogP contribution >= 0.6 is 0 Å². The Hall–Kier alpha value is -2.77. The number of nitrogens with zero attached hydrogens (tertiary/aromatic N) is 4. The van der Waals surface area contributed by atoms with Crippen molar-refractivity contribution in [3.63, 3.8) is 0 Å². The Morgan fingerprint density at radius 1 is 1.03 bits per heavy atom. The van der Waals surface area contributed by atoms with Crippen LogP contribution in [-0.2, 0) is 16.1 Å². The molecule has 2 aliphatic rings. The van der Waals surface area contributed by atoms with E-state index in [0.717, 1.165) is 56.3 Å². The summed E-state index contributed by atoms with van der Waals surface area (Å²) in [5.41, 5.74) is 2.37. The van der Waals surface area contributed by atoms with Crippen molar-refractivity contribution in [2.24, 2.45) is 0 Å². The van der Waals surface area contributed by atoms with Gasteiger partial charge in [-0.1, -0.05) is 24.3 Å². The molecule has 1 aromatic heterocycles. The lowest BCUT2D eigenvalue weighted by Gasteiger charge is -2.27. The number of hydrogen-bond acceptors (Lipinski definition) is 4. The number of carbonyl (C=O) groups excluding carboxylic acids is 1. The molecule has 6 nitrogen and oxygen atoms in total. The number of amides is 1. The molecule has 156 valence electrons. The van der Waals surface area contributed by atoms with Crippen LogP contribution in [-0.4, -0.2) is 59.8 Å². The maximum Gasteiger partial charge on any atom is 0.227 e. The Kier molecular flexibility index (Phi) is 5.23. The minimum absolute atomic E-state index is 0.0584. The lowest BCUT2D eigenvalue weighted by molar-refractivity contribution is -0.117. The van der Waals surface area contributed by atoms with Gasteiger partial charge in [-0.25, -0.2) is 9.37 Å². The zero-order chi connectivity index (χ0) is 20.5. The number of morpholine rings is 1. The normalized spacial score (nSPS) is 20.4. The average Bonchev–Trinajstić information content (AvgIpc) is 3.34. The van der Waals surface area contributed by atoms with Crippen LogP contribution in [0.5, 0.6) is 0 Å². The molecule has 0 aliphatic carbocycles. The van der Waals surface area contributed by atoms with Crippen molar-refractivity contribution < 1.29 is 13.9 Å². The molecule has 2 aliphatic heterocycles. The molecule has 0 bridgehead atoms. The Balaban J connectivity index is 1.43. The Morgan fingerprint density at radius 2 is 1.80 bits per heavy atom. The van der Waals surface area contributed by atoms with Gasteiger partial charge in [0.1, 0.15) is 11.6 Å². The van der Waals surface area contributed by atoms with Crippen molar-refractivity contribution in [3.05, 3.63) is 60.2 Å². The zero-order valence-electron chi connectivity index (χ0n) is 16.8. The first-order valence-corrected chi connectivity index (χ1v) is 10.5. The molecule has 30 heavy (non-hydrogen) atoms. The predicted octanol–water partition coefficient (Wildman–Crippen LogP) is 3.03. The topological polar surface area (TPSA) is 50.6 Å². The van der Waals surface area contributed by atoms with Crippen molar-refractivity contribution >= 4 is 22.6 Å². The van der Waals surface area contributed by atoms with Crippen molar-refractivity contribution in [3.8, 4) is 0 Å². The van der Waals surface area contributed by atoms with Gasteiger partial charge in [-0.05, 0) is 24.3 Å². The van der Waals surface area contributed by atoms with Crippen LogP contribution in [0.4, 0.5) is 10.1 Å². The highest BCUT2D eigenvalue weighted by Crippen LogP contribution is 2.34. The van der Waals surface area contributed by atoms with Gasteiger partial charge in [0.2, 0.25) is 5.91 Å². The van der Waals surface area contributed by atoms with Crippen molar-refractivity contribution in [2.45, 2.75) is 18.9 Å². The number of para-hydroxylation sites is 3. The van der Waals surface area contributed by atoms with Crippen LogP contribution in [0.3, 0.4) is 0 Å². The maximum absolute atomic E-state index is 14.3. The number of benzene rings is 2. The van der Waals surface area contributed by atoms with E-state index in [1.165, 1.54) is 6.07 Å². The number of ether oxygens (including phenoxy) is 1. The summed E-state index contributed by atoms with van der Waals surface area (Å²) in [5, 5.41) is 0. The van der Waals surface area contributed by atoms with Gasteiger partial charge < -0.3 is 14.2 Å². The molecular weight excluding hydrogens is 383 g/mol. The standard InChI is InChI=1S/C23H25FN4O2/c24-18-5-1-3-7-20(18)28-16-17(15-22(28)29)23-25-19-6-2-4-8-21(19)27(23)10-9-26-11-13-30-14-12-26/h1-8,17H,9-16H2/t17-/m1/s1. The fourth-order valence-corrected chi connectivity index (χ4v) is 4.49. The number of carbonyl (C=O) groups is 1. The fraction of sp³-hybridized carbons (Fsp3) is 0.391. The largest absolute Gasteiger partial charge is 0.379 e. The van der Waals surface area contributed by atoms with Gasteiger partial charge in [-0.2, -0.15) is 0 Å². The van der Waals surface area contributed by atoms with Crippen molar-refractivity contribution in [2.75, 3.05) is 44.3 Å². The van der Waals surface area contributed by atoms with Gasteiger partial charge in [0.25, 0.3) is 0 Å². The lowest BCUT2D eigenvalue weighted by atomic mass is 10.1. The third-order valence-electron chi connectivity index (χ3n) is 6.06. The van der Waals surface area contributed by atoms with E-state index in [-0.39, 0.29) is 17.6 Å². The van der Waals surface area contributed by atoms with E-state index in [1.54, 1.807) is 23.1 Å². The summed E-state index contributed by atoms with van der Waals surface area (Å²) in [6.45, 7) is 5.57. The first-order valence-electron chi connectivity index (χ1n) is 10.5. The molecule has 7 heteroatoms. The molecule has 0 unspecified atom stereocenters. The highest BCUT2D eigenvalue weighted by atomic mass is 19.1. The molecule has 3 aromatic rings. The Morgan fingerprint density at radius 3 is 2.63 bits per heavy atom. The second kappa shape index (κ2) is 8.16. The summed E-state index contributed by atoms with van der Waals surface area (Å²) < 4.78 is 22.0. The first-order chi connectivity index (χ1) is 14.7. The summed E-state index contributed by atoms with van der Waals surface area (Å²) in [6.07, 6.45) is 0.342. The van der Waals surface area contributed by atoms with E-state index >= 15 is 0 Å². The van der Waals surface area contributed by atoms with E-state index in [4.69, 9.17) is 9.72 Å². The highest BCUT2D eigenvalue weighted by Gasteiger charge is 2.35. The second-order valence-electron chi connectivity index (χ2n) is 7.92. The van der Waals surface area contributed by atoms with Gasteiger partial charge in [0.15, 0.2) is 0 Å². The summed E-state index contributed by atoms with van der Waals surface area (Å²) in [6, 6.07) is 14.6. The molecule has 1 amide bonds. The quantitative estimate of drug-likeness (QED) is 0.651. The van der Waals surface area contributed by atoms with Gasteiger partial charge in [0, 0.05) is 45.1 Å². The second-order valence-corrected chi connectivity index (χ2v) is 7.92. The fourth-order valence-electron chi connectivity index (χ4n) is 4.49. The van der Waals surface area contributed by atoms with Crippen LogP contribution in [0.25, 0.3) is 11.0 Å². The van der Waals surface area contributed by atoms with E-state index in [2.05, 4.69) is 15.5 Å². The van der Waals surface area contributed by atoms with Gasteiger partial charge in [-0.15, -0.1) is 0 Å². The predicted molar refractivity (Wildman–Crippen MR) is 113 cm³/mol. The van der Waals surface area contributed by atoms with Crippen LogP contribution in [0, 0.1) is 5.82 Å². The molecule has 0 N–H and O–H groups in total. The van der Waals surface area contributed by atoms with Crippen molar-refractivity contribution in [1.82, 2.24) is 14.5 Å². The van der Waals surface area contributed by atoms with Crippen LogP contribution in [0.15, 0.2) is 48.5 Å². The first kappa shape index (κ1) is 19.2. The minimum atomic E-state index is -0.368. The van der Waals surface area contributed by atoms with Crippen LogP contribution < -0.4 is 4.90 Å². The summed E-state index contributed by atoms with van der Waals surface area (Å²) in [5.74, 6) is 0.426. The molecule has 2 aromatic carbocycles. The number of hydrogen-bond donors (Lipinski definition) is 0. The monoisotopic (exact) mass is 408 g/mol. The van der Waals surface area contributed by atoms with Gasteiger partial charge in [0.05, 0.1) is 29.9 Å². The van der Waals surface area contributed by atoms with Crippen molar-refractivity contribution in [1.29, 1.82) is 0 Å². The molecule has 1 atom stereocenters. The van der Waals surface area contributed by atoms with Gasteiger partial charge >= 0.3 is 0 Å². The highest BCUT2D eigenvalue weighted by molar-refractivity contribution is 5.96. The number of fused-ring (bicyclic) bond motifs is 1. The average molecular weight is 408 g/mol. The summed E-state index contributed by atoms with van der Waals surface area (Å²) in [7, 11) is 0. The number of aromatic nitrogens is 2. The molecule has 2 fully saturated rings. The molecule has 2 saturated heterocycles. The molecule has 0 saturated carbocycles.